The molecule has 6 nitrogen and oxygen atoms in total. The van der Waals surface area contributed by atoms with E-state index in [2.05, 4.69) is 26.6 Å². The van der Waals surface area contributed by atoms with Crippen molar-refractivity contribution < 1.29 is 14.3 Å². The number of ether oxygens (including phenoxy) is 1. The van der Waals surface area contributed by atoms with E-state index in [9.17, 15) is 9.59 Å². The van der Waals surface area contributed by atoms with Gasteiger partial charge in [-0.25, -0.2) is 0 Å². The number of rotatable bonds is 3. The number of fused-ring (bicyclic) bond motifs is 1. The van der Waals surface area contributed by atoms with Gasteiger partial charge in [-0.05, 0) is 31.2 Å². The molecule has 2 aliphatic heterocycles. The van der Waals surface area contributed by atoms with Gasteiger partial charge >= 0.3 is 0 Å². The van der Waals surface area contributed by atoms with Gasteiger partial charge in [-0.1, -0.05) is 15.9 Å². The van der Waals surface area contributed by atoms with Gasteiger partial charge in [-0.15, -0.1) is 0 Å². The molecular formula is C14H16BrN3O3. The van der Waals surface area contributed by atoms with Crippen molar-refractivity contribution in [3.63, 3.8) is 0 Å². The molecule has 2 heterocycles. The molecule has 0 radical (unpaired) electrons. The molecule has 1 atom stereocenters. The van der Waals surface area contributed by atoms with Gasteiger partial charge in [0.15, 0.2) is 6.61 Å². The van der Waals surface area contributed by atoms with Crippen LogP contribution in [0.1, 0.15) is 6.42 Å². The van der Waals surface area contributed by atoms with E-state index in [1.165, 1.54) is 4.90 Å². The topological polar surface area (TPSA) is 70.7 Å². The number of nitrogens with zero attached hydrogens (tertiary/aromatic N) is 1. The van der Waals surface area contributed by atoms with Crippen LogP contribution in [-0.2, 0) is 9.59 Å². The second-order valence-electron chi connectivity index (χ2n) is 5.14. The van der Waals surface area contributed by atoms with E-state index < -0.39 is 0 Å². The van der Waals surface area contributed by atoms with Crippen LogP contribution >= 0.6 is 15.9 Å². The molecule has 0 bridgehead atoms. The van der Waals surface area contributed by atoms with Gasteiger partial charge < -0.3 is 15.4 Å². The monoisotopic (exact) mass is 353 g/mol. The minimum Gasteiger partial charge on any atom is -0.482 e. The van der Waals surface area contributed by atoms with Gasteiger partial charge in [0, 0.05) is 17.1 Å². The summed E-state index contributed by atoms with van der Waals surface area (Å²) in [4.78, 5) is 25.6. The number of anilines is 1. The third-order valence-electron chi connectivity index (χ3n) is 3.59. The molecule has 0 spiro atoms. The summed E-state index contributed by atoms with van der Waals surface area (Å²) in [6.07, 6.45) is 0.923. The van der Waals surface area contributed by atoms with E-state index in [1.54, 1.807) is 12.1 Å². The molecule has 2 amide bonds. The highest BCUT2D eigenvalue weighted by Gasteiger charge is 2.28. The standard InChI is InChI=1S/C14H16BrN3O3/c15-9-1-2-11-12(5-9)21-8-14(20)18(11)7-13(19)17-10-3-4-16-6-10/h1-2,5,10,16H,3-4,6-8H2,(H,17,19). The molecule has 0 aliphatic carbocycles. The van der Waals surface area contributed by atoms with E-state index in [-0.39, 0.29) is 31.0 Å². The Kier molecular flexibility index (Phi) is 4.12. The lowest BCUT2D eigenvalue weighted by Crippen LogP contribution is -2.47. The van der Waals surface area contributed by atoms with Gasteiger partial charge in [0.25, 0.3) is 5.91 Å². The van der Waals surface area contributed by atoms with E-state index >= 15 is 0 Å². The van der Waals surface area contributed by atoms with Crippen LogP contribution in [0.15, 0.2) is 22.7 Å². The fourth-order valence-electron chi connectivity index (χ4n) is 2.55. The maximum Gasteiger partial charge on any atom is 0.265 e. The predicted molar refractivity (Wildman–Crippen MR) is 81.4 cm³/mol. The summed E-state index contributed by atoms with van der Waals surface area (Å²) in [6, 6.07) is 5.55. The lowest BCUT2D eigenvalue weighted by molar-refractivity contribution is -0.125. The second kappa shape index (κ2) is 6.03. The zero-order chi connectivity index (χ0) is 14.8. The average molecular weight is 354 g/mol. The molecule has 0 aromatic heterocycles. The van der Waals surface area contributed by atoms with Gasteiger partial charge in [0.2, 0.25) is 5.91 Å². The number of halogens is 1. The van der Waals surface area contributed by atoms with Gasteiger partial charge in [-0.2, -0.15) is 0 Å². The highest BCUT2D eigenvalue weighted by Crippen LogP contribution is 2.34. The van der Waals surface area contributed by atoms with Crippen LogP contribution in [0.3, 0.4) is 0 Å². The number of carbonyl (C=O) groups is 2. The Bertz CT molecular complexity index is 573. The number of hydrogen-bond donors (Lipinski definition) is 2. The smallest absolute Gasteiger partial charge is 0.265 e. The summed E-state index contributed by atoms with van der Waals surface area (Å²) in [5.74, 6) is 0.261. The van der Waals surface area contributed by atoms with E-state index in [0.717, 1.165) is 24.0 Å². The summed E-state index contributed by atoms with van der Waals surface area (Å²) in [6.45, 7) is 1.68. The first kappa shape index (κ1) is 14.3. The Morgan fingerprint density at radius 1 is 1.52 bits per heavy atom. The van der Waals surface area contributed by atoms with Crippen molar-refractivity contribution in [1.29, 1.82) is 0 Å². The van der Waals surface area contributed by atoms with Crippen molar-refractivity contribution in [2.75, 3.05) is 31.1 Å². The normalized spacial score (nSPS) is 20.9. The molecule has 1 aromatic carbocycles. The van der Waals surface area contributed by atoms with Gasteiger partial charge in [0.1, 0.15) is 12.3 Å². The van der Waals surface area contributed by atoms with E-state index in [0.29, 0.717) is 11.4 Å². The Hall–Kier alpha value is -1.60. The van der Waals surface area contributed by atoms with Crippen molar-refractivity contribution in [1.82, 2.24) is 10.6 Å². The Morgan fingerprint density at radius 3 is 3.14 bits per heavy atom. The molecule has 0 saturated carbocycles. The van der Waals surface area contributed by atoms with Crippen LogP contribution in [0.5, 0.6) is 5.75 Å². The lowest BCUT2D eigenvalue weighted by atomic mass is 10.2. The molecular weight excluding hydrogens is 338 g/mol. The minimum absolute atomic E-state index is 0.0212. The van der Waals surface area contributed by atoms with Crippen molar-refractivity contribution in [2.45, 2.75) is 12.5 Å². The SMILES string of the molecule is O=C(CN1C(=O)COc2cc(Br)ccc21)NC1CCNC1. The van der Waals surface area contributed by atoms with E-state index in [4.69, 9.17) is 4.74 Å². The fraction of sp³-hybridized carbons (Fsp3) is 0.429. The van der Waals surface area contributed by atoms with Crippen molar-refractivity contribution in [2.24, 2.45) is 0 Å². The summed E-state index contributed by atoms with van der Waals surface area (Å²) in [7, 11) is 0. The molecule has 1 aromatic rings. The fourth-order valence-corrected chi connectivity index (χ4v) is 2.89. The average Bonchev–Trinajstić information content (AvgIpc) is 2.95. The molecule has 1 saturated heterocycles. The molecule has 7 heteroatoms. The first-order valence-corrected chi connectivity index (χ1v) is 7.65. The summed E-state index contributed by atoms with van der Waals surface area (Å²) >= 11 is 3.36. The summed E-state index contributed by atoms with van der Waals surface area (Å²) in [5, 5.41) is 6.13. The predicted octanol–water partition coefficient (Wildman–Crippen LogP) is 0.653. The summed E-state index contributed by atoms with van der Waals surface area (Å²) in [5.41, 5.74) is 0.633. The minimum atomic E-state index is -0.204. The van der Waals surface area contributed by atoms with Crippen LogP contribution in [0.25, 0.3) is 0 Å². The van der Waals surface area contributed by atoms with Crippen LogP contribution in [0, 0.1) is 0 Å². The number of hydrogen-bond acceptors (Lipinski definition) is 4. The maximum absolute atomic E-state index is 12.1. The van der Waals surface area contributed by atoms with Crippen LogP contribution in [-0.4, -0.2) is 44.1 Å². The number of amides is 2. The molecule has 21 heavy (non-hydrogen) atoms. The molecule has 2 aliphatic rings. The highest BCUT2D eigenvalue weighted by atomic mass is 79.9. The number of benzene rings is 1. The Morgan fingerprint density at radius 2 is 2.38 bits per heavy atom. The number of carbonyl (C=O) groups excluding carboxylic acids is 2. The molecule has 1 fully saturated rings. The molecule has 3 rings (SSSR count). The maximum atomic E-state index is 12.1. The highest BCUT2D eigenvalue weighted by molar-refractivity contribution is 9.10. The largest absolute Gasteiger partial charge is 0.482 e. The van der Waals surface area contributed by atoms with Crippen molar-refractivity contribution in [3.8, 4) is 5.75 Å². The van der Waals surface area contributed by atoms with Crippen LogP contribution < -0.4 is 20.3 Å². The van der Waals surface area contributed by atoms with E-state index in [1.807, 2.05) is 6.07 Å². The second-order valence-corrected chi connectivity index (χ2v) is 6.05. The van der Waals surface area contributed by atoms with Gasteiger partial charge in [0.05, 0.1) is 5.69 Å². The quantitative estimate of drug-likeness (QED) is 0.837. The first-order chi connectivity index (χ1) is 10.1. The number of nitrogens with one attached hydrogen (secondary N) is 2. The van der Waals surface area contributed by atoms with Crippen LogP contribution in [0.4, 0.5) is 5.69 Å². The molecule has 1 unspecified atom stereocenters. The van der Waals surface area contributed by atoms with Gasteiger partial charge in [-0.3, -0.25) is 14.5 Å². The van der Waals surface area contributed by atoms with Crippen molar-refractivity contribution in [3.05, 3.63) is 22.7 Å². The van der Waals surface area contributed by atoms with Crippen molar-refractivity contribution >= 4 is 33.4 Å². The van der Waals surface area contributed by atoms with Crippen LogP contribution in [0.2, 0.25) is 0 Å². The lowest BCUT2D eigenvalue weighted by Gasteiger charge is -2.29. The zero-order valence-electron chi connectivity index (χ0n) is 11.4. The molecule has 2 N–H and O–H groups in total. The Balaban J connectivity index is 1.72. The first-order valence-electron chi connectivity index (χ1n) is 6.86. The third kappa shape index (κ3) is 3.19. The summed E-state index contributed by atoms with van der Waals surface area (Å²) < 4.78 is 6.27. The zero-order valence-corrected chi connectivity index (χ0v) is 13.0. The third-order valence-corrected chi connectivity index (χ3v) is 4.09. The molecule has 112 valence electrons. The Labute approximate surface area is 131 Å².